The van der Waals surface area contributed by atoms with Gasteiger partial charge < -0.3 is 5.32 Å². The summed E-state index contributed by atoms with van der Waals surface area (Å²) in [5, 5.41) is 8.05. The van der Waals surface area contributed by atoms with Gasteiger partial charge in [0.15, 0.2) is 9.84 Å². The second kappa shape index (κ2) is 7.30. The molecule has 0 saturated carbocycles. The maximum atomic E-state index is 13.5. The summed E-state index contributed by atoms with van der Waals surface area (Å²) in [5.74, 6) is -0.0733. The van der Waals surface area contributed by atoms with E-state index in [1.165, 1.54) is 12.1 Å². The van der Waals surface area contributed by atoms with Crippen molar-refractivity contribution in [2.75, 3.05) is 18.1 Å². The van der Waals surface area contributed by atoms with Gasteiger partial charge >= 0.3 is 0 Å². The van der Waals surface area contributed by atoms with Gasteiger partial charge in [-0.1, -0.05) is 6.07 Å². The van der Waals surface area contributed by atoms with Crippen molar-refractivity contribution in [3.05, 3.63) is 78.5 Å². The van der Waals surface area contributed by atoms with Crippen molar-refractivity contribution >= 4 is 15.4 Å². The lowest BCUT2D eigenvalue weighted by Gasteiger charge is -2.23. The lowest BCUT2D eigenvalue weighted by molar-refractivity contribution is 0.529. The number of benzene rings is 1. The first-order valence-corrected chi connectivity index (χ1v) is 11.4. The Kier molecular flexibility index (Phi) is 4.60. The van der Waals surface area contributed by atoms with Crippen LogP contribution in [0, 0.1) is 5.82 Å². The summed E-state index contributed by atoms with van der Waals surface area (Å²) in [6, 6.07) is 13.7. The van der Waals surface area contributed by atoms with Crippen LogP contribution in [0.5, 0.6) is 0 Å². The minimum Gasteiger partial charge on any atom is -0.308 e. The molecule has 30 heavy (non-hydrogen) atoms. The van der Waals surface area contributed by atoms with Crippen LogP contribution in [0.15, 0.2) is 67.1 Å². The average Bonchev–Trinajstić information content (AvgIpc) is 3.13. The molecule has 1 aromatic carbocycles. The standard InChI is InChI=1S/C22H19FN4O2S/c23-18-4-1-16(2-5-18)22-21(15-7-9-24-10-8-15)20-6-3-17(13-27(20)26-22)19-14-30(28,29)12-11-25-19/h1-10,13,19,25H,11-12,14H2/t19-/m0/s1. The number of hydrogen-bond donors (Lipinski definition) is 1. The van der Waals surface area contributed by atoms with E-state index in [9.17, 15) is 12.8 Å². The van der Waals surface area contributed by atoms with Crippen LogP contribution in [0.1, 0.15) is 11.6 Å². The Bertz CT molecular complexity index is 1320. The average molecular weight is 422 g/mol. The van der Waals surface area contributed by atoms with Crippen LogP contribution in [0.4, 0.5) is 4.39 Å². The number of rotatable bonds is 3. The molecular formula is C22H19FN4O2S. The third-order valence-electron chi connectivity index (χ3n) is 5.37. The van der Waals surface area contributed by atoms with E-state index < -0.39 is 9.84 Å². The van der Waals surface area contributed by atoms with Crippen molar-refractivity contribution < 1.29 is 12.8 Å². The smallest absolute Gasteiger partial charge is 0.153 e. The summed E-state index contributed by atoms with van der Waals surface area (Å²) < 4.78 is 39.3. The summed E-state index contributed by atoms with van der Waals surface area (Å²) in [5.41, 5.74) is 5.13. The van der Waals surface area contributed by atoms with E-state index in [2.05, 4.69) is 10.3 Å². The molecule has 5 rings (SSSR count). The number of sulfone groups is 1. The molecule has 3 aromatic heterocycles. The Labute approximate surface area is 173 Å². The maximum absolute atomic E-state index is 13.5. The molecule has 8 heteroatoms. The van der Waals surface area contributed by atoms with Crippen molar-refractivity contribution in [3.8, 4) is 22.4 Å². The zero-order chi connectivity index (χ0) is 20.7. The Morgan fingerprint density at radius 2 is 1.77 bits per heavy atom. The molecule has 0 spiro atoms. The summed E-state index contributed by atoms with van der Waals surface area (Å²) in [6.07, 6.45) is 5.31. The van der Waals surface area contributed by atoms with Crippen LogP contribution < -0.4 is 5.32 Å². The highest BCUT2D eigenvalue weighted by atomic mass is 32.2. The van der Waals surface area contributed by atoms with Crippen molar-refractivity contribution in [2.24, 2.45) is 0 Å². The van der Waals surface area contributed by atoms with Crippen LogP contribution in [0.2, 0.25) is 0 Å². The summed E-state index contributed by atoms with van der Waals surface area (Å²) in [4.78, 5) is 4.10. The molecule has 152 valence electrons. The van der Waals surface area contributed by atoms with Crippen LogP contribution in [0.3, 0.4) is 0 Å². The fourth-order valence-electron chi connectivity index (χ4n) is 3.88. The number of aromatic nitrogens is 3. The second-order valence-corrected chi connectivity index (χ2v) is 9.61. The molecule has 4 heterocycles. The van der Waals surface area contributed by atoms with Crippen LogP contribution >= 0.6 is 0 Å². The minimum atomic E-state index is -3.06. The van der Waals surface area contributed by atoms with E-state index in [0.717, 1.165) is 33.5 Å². The van der Waals surface area contributed by atoms with Gasteiger partial charge in [-0.15, -0.1) is 0 Å². The molecule has 6 nitrogen and oxygen atoms in total. The van der Waals surface area contributed by atoms with Crippen LogP contribution in [-0.2, 0) is 9.84 Å². The van der Waals surface area contributed by atoms with E-state index in [1.807, 2.05) is 30.5 Å². The van der Waals surface area contributed by atoms with Crippen molar-refractivity contribution in [1.82, 2.24) is 19.9 Å². The van der Waals surface area contributed by atoms with Gasteiger partial charge in [0.05, 0.1) is 17.0 Å². The normalized spacial score (nSPS) is 18.5. The molecule has 1 N–H and O–H groups in total. The number of nitrogens with one attached hydrogen (secondary N) is 1. The number of nitrogens with zero attached hydrogens (tertiary/aromatic N) is 3. The highest BCUT2D eigenvalue weighted by Crippen LogP contribution is 2.35. The maximum Gasteiger partial charge on any atom is 0.153 e. The largest absolute Gasteiger partial charge is 0.308 e. The molecular weight excluding hydrogens is 403 g/mol. The third-order valence-corrected chi connectivity index (χ3v) is 7.03. The predicted octanol–water partition coefficient (Wildman–Crippen LogP) is 3.26. The lowest BCUT2D eigenvalue weighted by Crippen LogP contribution is -2.39. The van der Waals surface area contributed by atoms with Gasteiger partial charge in [0.1, 0.15) is 11.5 Å². The Hall–Kier alpha value is -3.10. The molecule has 1 atom stereocenters. The molecule has 4 aromatic rings. The Balaban J connectivity index is 1.67. The fraction of sp³-hybridized carbons (Fsp3) is 0.182. The molecule has 0 unspecified atom stereocenters. The number of fused-ring (bicyclic) bond motifs is 1. The molecule has 1 aliphatic rings. The second-order valence-electron chi connectivity index (χ2n) is 7.38. The predicted molar refractivity (Wildman–Crippen MR) is 113 cm³/mol. The van der Waals surface area contributed by atoms with Gasteiger partial charge in [-0.3, -0.25) is 4.98 Å². The molecule has 1 fully saturated rings. The van der Waals surface area contributed by atoms with Gasteiger partial charge in [0, 0.05) is 42.3 Å². The van der Waals surface area contributed by atoms with E-state index >= 15 is 0 Å². The highest BCUT2D eigenvalue weighted by molar-refractivity contribution is 7.91. The molecule has 1 saturated heterocycles. The molecule has 1 aliphatic heterocycles. The van der Waals surface area contributed by atoms with Gasteiger partial charge in [-0.25, -0.2) is 17.3 Å². The van der Waals surface area contributed by atoms with E-state index in [0.29, 0.717) is 6.54 Å². The van der Waals surface area contributed by atoms with Gasteiger partial charge in [0.25, 0.3) is 0 Å². The molecule has 0 amide bonds. The molecule has 0 aliphatic carbocycles. The monoisotopic (exact) mass is 422 g/mol. The number of pyridine rings is 2. The number of hydrogen-bond acceptors (Lipinski definition) is 5. The van der Waals surface area contributed by atoms with Gasteiger partial charge in [-0.2, -0.15) is 5.10 Å². The number of halogens is 1. The zero-order valence-corrected chi connectivity index (χ0v) is 16.8. The van der Waals surface area contributed by atoms with E-state index in [4.69, 9.17) is 5.10 Å². The van der Waals surface area contributed by atoms with E-state index in [-0.39, 0.29) is 23.4 Å². The lowest BCUT2D eigenvalue weighted by atomic mass is 10.0. The topological polar surface area (TPSA) is 76.4 Å². The van der Waals surface area contributed by atoms with Crippen molar-refractivity contribution in [3.63, 3.8) is 0 Å². The van der Waals surface area contributed by atoms with E-state index in [1.54, 1.807) is 29.0 Å². The van der Waals surface area contributed by atoms with Gasteiger partial charge in [-0.05, 0) is 53.6 Å². The fourth-order valence-corrected chi connectivity index (χ4v) is 5.30. The summed E-state index contributed by atoms with van der Waals surface area (Å²) in [6.45, 7) is 0.438. The zero-order valence-electron chi connectivity index (χ0n) is 16.0. The molecule has 0 bridgehead atoms. The van der Waals surface area contributed by atoms with Crippen LogP contribution in [-0.4, -0.2) is 41.1 Å². The van der Waals surface area contributed by atoms with Gasteiger partial charge in [0.2, 0.25) is 0 Å². The summed E-state index contributed by atoms with van der Waals surface area (Å²) >= 11 is 0. The summed E-state index contributed by atoms with van der Waals surface area (Å²) in [7, 11) is -3.06. The quantitative estimate of drug-likeness (QED) is 0.548. The Morgan fingerprint density at radius 1 is 1.00 bits per heavy atom. The minimum absolute atomic E-state index is 0.0712. The highest BCUT2D eigenvalue weighted by Gasteiger charge is 2.26. The molecule has 0 radical (unpaired) electrons. The van der Waals surface area contributed by atoms with Crippen molar-refractivity contribution in [2.45, 2.75) is 6.04 Å². The third kappa shape index (κ3) is 3.48. The Morgan fingerprint density at radius 3 is 2.50 bits per heavy atom. The van der Waals surface area contributed by atoms with Crippen LogP contribution in [0.25, 0.3) is 27.9 Å². The first kappa shape index (κ1) is 18.9. The SMILES string of the molecule is O=S1(=O)CCN[C@H](c2ccc3c(-c4ccncc4)c(-c4ccc(F)cc4)nn3c2)C1. The van der Waals surface area contributed by atoms with Crippen molar-refractivity contribution in [1.29, 1.82) is 0 Å². The first-order chi connectivity index (χ1) is 14.5. The first-order valence-electron chi connectivity index (χ1n) is 9.63.